The molecule has 0 aliphatic carbocycles. The number of hydrogen-bond acceptors (Lipinski definition) is 4. The zero-order valence-electron chi connectivity index (χ0n) is 14.5. The molecular weight excluding hydrogens is 322 g/mol. The van der Waals surface area contributed by atoms with Crippen molar-refractivity contribution in [2.45, 2.75) is 33.2 Å². The normalized spacial score (nSPS) is 20.4. The van der Waals surface area contributed by atoms with Crippen LogP contribution in [-0.4, -0.2) is 44.8 Å². The first-order chi connectivity index (χ1) is 11.7. The zero-order chi connectivity index (χ0) is 18.4. The fraction of sp³-hybridized carbons (Fsp3) is 0.444. The lowest BCUT2D eigenvalue weighted by Gasteiger charge is -2.21. The Labute approximate surface area is 144 Å². The van der Waals surface area contributed by atoms with Crippen molar-refractivity contribution in [3.63, 3.8) is 0 Å². The van der Waals surface area contributed by atoms with Crippen molar-refractivity contribution in [2.75, 3.05) is 13.1 Å². The summed E-state index contributed by atoms with van der Waals surface area (Å²) in [6.45, 7) is 5.79. The molecule has 3 rings (SSSR count). The van der Waals surface area contributed by atoms with Crippen molar-refractivity contribution in [3.8, 4) is 0 Å². The van der Waals surface area contributed by atoms with Crippen molar-refractivity contribution in [3.05, 3.63) is 40.3 Å². The molecule has 1 aromatic heterocycles. The number of nitrogens with zero attached hydrogens (tertiary/aromatic N) is 3. The maximum atomic E-state index is 13.0. The molecule has 0 radical (unpaired) electrons. The van der Waals surface area contributed by atoms with Gasteiger partial charge < -0.3 is 10.0 Å². The lowest BCUT2D eigenvalue weighted by molar-refractivity contribution is -0.147. The largest absolute Gasteiger partial charge is 0.481 e. The van der Waals surface area contributed by atoms with E-state index in [-0.39, 0.29) is 29.7 Å². The molecule has 1 atom stereocenters. The van der Waals surface area contributed by atoms with Crippen LogP contribution < -0.4 is 5.56 Å². The van der Waals surface area contributed by atoms with E-state index >= 15 is 0 Å². The molecule has 1 N–H and O–H groups in total. The Morgan fingerprint density at radius 1 is 1.24 bits per heavy atom. The number of amides is 1. The van der Waals surface area contributed by atoms with Crippen molar-refractivity contribution in [1.82, 2.24) is 14.7 Å². The van der Waals surface area contributed by atoms with Crippen LogP contribution in [0.15, 0.2) is 29.1 Å². The van der Waals surface area contributed by atoms with E-state index in [1.165, 1.54) is 9.58 Å². The fourth-order valence-corrected chi connectivity index (χ4v) is 3.17. The van der Waals surface area contributed by atoms with E-state index in [2.05, 4.69) is 5.10 Å². The van der Waals surface area contributed by atoms with E-state index in [1.807, 2.05) is 13.8 Å². The van der Waals surface area contributed by atoms with E-state index in [0.29, 0.717) is 23.7 Å². The first-order valence-electron chi connectivity index (χ1n) is 8.29. The summed E-state index contributed by atoms with van der Waals surface area (Å²) in [5, 5.41) is 14.6. The van der Waals surface area contributed by atoms with Gasteiger partial charge in [0, 0.05) is 18.5 Å². The number of benzene rings is 1. The van der Waals surface area contributed by atoms with Crippen LogP contribution in [0.2, 0.25) is 0 Å². The van der Waals surface area contributed by atoms with Gasteiger partial charge in [-0.05, 0) is 33.3 Å². The van der Waals surface area contributed by atoms with E-state index in [0.717, 1.165) is 0 Å². The predicted molar refractivity (Wildman–Crippen MR) is 92.7 cm³/mol. The van der Waals surface area contributed by atoms with Crippen molar-refractivity contribution in [1.29, 1.82) is 0 Å². The highest BCUT2D eigenvalue weighted by molar-refractivity contribution is 6.05. The Morgan fingerprint density at radius 3 is 2.44 bits per heavy atom. The smallest absolute Gasteiger partial charge is 0.311 e. The number of hydrogen-bond donors (Lipinski definition) is 1. The number of aliphatic carboxylic acids is 1. The third kappa shape index (κ3) is 2.79. The average Bonchev–Trinajstić information content (AvgIpc) is 2.98. The van der Waals surface area contributed by atoms with E-state index < -0.39 is 11.4 Å². The molecule has 0 spiro atoms. The lowest BCUT2D eigenvalue weighted by Crippen LogP contribution is -2.36. The molecule has 1 saturated heterocycles. The second kappa shape index (κ2) is 5.98. The van der Waals surface area contributed by atoms with Crippen LogP contribution in [0.1, 0.15) is 43.7 Å². The molecule has 132 valence electrons. The van der Waals surface area contributed by atoms with E-state index in [4.69, 9.17) is 0 Å². The maximum absolute atomic E-state index is 13.0. The Kier molecular flexibility index (Phi) is 4.10. The van der Waals surface area contributed by atoms with E-state index in [1.54, 1.807) is 31.2 Å². The number of carboxylic acid groups (broad SMARTS) is 1. The number of carbonyl (C=O) groups is 2. The molecule has 7 heteroatoms. The molecule has 1 amide bonds. The third-order valence-corrected chi connectivity index (χ3v) is 4.80. The van der Waals surface area contributed by atoms with Crippen LogP contribution in [0.3, 0.4) is 0 Å². The highest BCUT2D eigenvalue weighted by atomic mass is 16.4. The van der Waals surface area contributed by atoms with Crippen molar-refractivity contribution < 1.29 is 14.7 Å². The summed E-state index contributed by atoms with van der Waals surface area (Å²) < 4.78 is 1.31. The monoisotopic (exact) mass is 343 g/mol. The van der Waals surface area contributed by atoms with Gasteiger partial charge in [0.05, 0.1) is 16.8 Å². The topological polar surface area (TPSA) is 92.5 Å². The van der Waals surface area contributed by atoms with Crippen LogP contribution in [0.5, 0.6) is 0 Å². The van der Waals surface area contributed by atoms with Crippen LogP contribution >= 0.6 is 0 Å². The zero-order valence-corrected chi connectivity index (χ0v) is 14.5. The van der Waals surface area contributed by atoms with Crippen molar-refractivity contribution in [2.24, 2.45) is 5.41 Å². The Morgan fingerprint density at radius 2 is 1.88 bits per heavy atom. The highest BCUT2D eigenvalue weighted by Crippen LogP contribution is 2.31. The van der Waals surface area contributed by atoms with Gasteiger partial charge in [-0.15, -0.1) is 0 Å². The van der Waals surface area contributed by atoms with Crippen LogP contribution in [-0.2, 0) is 4.79 Å². The van der Waals surface area contributed by atoms with Crippen LogP contribution in [0, 0.1) is 5.41 Å². The maximum Gasteiger partial charge on any atom is 0.311 e. The molecule has 2 aromatic rings. The Hall–Kier alpha value is -2.70. The van der Waals surface area contributed by atoms with Crippen LogP contribution in [0.25, 0.3) is 10.8 Å². The van der Waals surface area contributed by atoms with Gasteiger partial charge in [-0.3, -0.25) is 14.4 Å². The predicted octanol–water partition coefficient (Wildman–Crippen LogP) is 1.91. The van der Waals surface area contributed by atoms with Gasteiger partial charge in [0.25, 0.3) is 11.5 Å². The lowest BCUT2D eigenvalue weighted by atomic mass is 9.90. The highest BCUT2D eigenvalue weighted by Gasteiger charge is 2.42. The molecule has 1 aliphatic heterocycles. The standard InChI is InChI=1S/C18H21N3O4/c1-11(2)21-15(22)13-7-5-4-6-12(13)14(19-21)16(23)20-9-8-18(3,10-20)17(24)25/h4-7,11H,8-10H2,1-3H3,(H,24,25)/t18-/m0/s1. The molecule has 0 bridgehead atoms. The van der Waals surface area contributed by atoms with Gasteiger partial charge in [0.1, 0.15) is 0 Å². The fourth-order valence-electron chi connectivity index (χ4n) is 3.17. The van der Waals surface area contributed by atoms with Gasteiger partial charge >= 0.3 is 5.97 Å². The second-order valence-electron chi connectivity index (χ2n) is 7.08. The molecule has 0 saturated carbocycles. The summed E-state index contributed by atoms with van der Waals surface area (Å²) in [6, 6.07) is 6.70. The minimum absolute atomic E-state index is 0.137. The molecule has 1 aromatic carbocycles. The molecule has 2 heterocycles. The minimum atomic E-state index is -0.946. The number of aromatic nitrogens is 2. The summed E-state index contributed by atoms with van der Waals surface area (Å²) >= 11 is 0. The first-order valence-corrected chi connectivity index (χ1v) is 8.29. The molecule has 1 fully saturated rings. The molecular formula is C18H21N3O4. The van der Waals surface area contributed by atoms with Gasteiger partial charge in [0.2, 0.25) is 0 Å². The number of carboxylic acids is 1. The Bertz CT molecular complexity index is 918. The summed E-state index contributed by atoms with van der Waals surface area (Å²) in [5.41, 5.74) is -0.990. The van der Waals surface area contributed by atoms with Gasteiger partial charge in [-0.2, -0.15) is 5.10 Å². The minimum Gasteiger partial charge on any atom is -0.481 e. The summed E-state index contributed by atoms with van der Waals surface area (Å²) in [7, 11) is 0. The summed E-state index contributed by atoms with van der Waals surface area (Å²) in [4.78, 5) is 38.5. The number of rotatable bonds is 3. The molecule has 7 nitrogen and oxygen atoms in total. The SMILES string of the molecule is CC(C)n1nc(C(=O)N2CC[C@](C)(C(=O)O)C2)c2ccccc2c1=O. The summed E-state index contributed by atoms with van der Waals surface area (Å²) in [6.07, 6.45) is 0.399. The van der Waals surface area contributed by atoms with Gasteiger partial charge in [0.15, 0.2) is 5.69 Å². The van der Waals surface area contributed by atoms with Crippen LogP contribution in [0.4, 0.5) is 0 Å². The van der Waals surface area contributed by atoms with Gasteiger partial charge in [-0.1, -0.05) is 18.2 Å². The van der Waals surface area contributed by atoms with Gasteiger partial charge in [-0.25, -0.2) is 4.68 Å². The third-order valence-electron chi connectivity index (χ3n) is 4.80. The number of carbonyl (C=O) groups excluding carboxylic acids is 1. The quantitative estimate of drug-likeness (QED) is 0.919. The number of fused-ring (bicyclic) bond motifs is 1. The van der Waals surface area contributed by atoms with E-state index in [9.17, 15) is 19.5 Å². The Balaban J connectivity index is 2.10. The molecule has 0 unspecified atom stereocenters. The molecule has 1 aliphatic rings. The first kappa shape index (κ1) is 17.1. The number of likely N-dealkylation sites (tertiary alicyclic amines) is 1. The summed E-state index contributed by atoms with van der Waals surface area (Å²) in [5.74, 6) is -1.25. The second-order valence-corrected chi connectivity index (χ2v) is 7.08. The van der Waals surface area contributed by atoms with Crippen molar-refractivity contribution >= 4 is 22.6 Å². The molecule has 25 heavy (non-hydrogen) atoms. The average molecular weight is 343 g/mol.